The van der Waals surface area contributed by atoms with E-state index in [1.165, 1.54) is 0 Å². The fourth-order valence-electron chi connectivity index (χ4n) is 0.992. The summed E-state index contributed by atoms with van der Waals surface area (Å²) >= 11 is 2.91. The zero-order chi connectivity index (χ0) is 10.9. The van der Waals surface area contributed by atoms with Crippen molar-refractivity contribution in [2.45, 2.75) is 19.3 Å². The Morgan fingerprint density at radius 1 is 1.21 bits per heavy atom. The van der Waals surface area contributed by atoms with Crippen LogP contribution >= 0.6 is 15.9 Å². The van der Waals surface area contributed by atoms with E-state index >= 15 is 0 Å². The highest BCUT2D eigenvalue weighted by molar-refractivity contribution is 9.10. The topological polar surface area (TPSA) is 0 Å². The van der Waals surface area contributed by atoms with Crippen molar-refractivity contribution in [2.75, 3.05) is 0 Å². The SMILES string of the molecule is CC(F)(F)c1cc(Br)cc(C(F)F)c1. The first kappa shape index (κ1) is 11.5. The van der Waals surface area contributed by atoms with Crippen molar-refractivity contribution in [1.82, 2.24) is 0 Å². The number of benzene rings is 1. The highest BCUT2D eigenvalue weighted by atomic mass is 79.9. The van der Waals surface area contributed by atoms with E-state index in [4.69, 9.17) is 0 Å². The van der Waals surface area contributed by atoms with Crippen LogP contribution < -0.4 is 0 Å². The number of hydrogen-bond acceptors (Lipinski definition) is 0. The van der Waals surface area contributed by atoms with E-state index in [-0.39, 0.29) is 4.47 Å². The average Bonchev–Trinajstić information content (AvgIpc) is 2.01. The molecule has 14 heavy (non-hydrogen) atoms. The molecule has 0 aliphatic heterocycles. The van der Waals surface area contributed by atoms with Crippen LogP contribution in [0.25, 0.3) is 0 Å². The Morgan fingerprint density at radius 2 is 1.79 bits per heavy atom. The average molecular weight is 271 g/mol. The van der Waals surface area contributed by atoms with Crippen LogP contribution in [0.5, 0.6) is 0 Å². The van der Waals surface area contributed by atoms with Crippen LogP contribution in [0.4, 0.5) is 17.6 Å². The van der Waals surface area contributed by atoms with Crippen molar-refractivity contribution in [3.05, 3.63) is 33.8 Å². The molecule has 0 nitrogen and oxygen atoms in total. The molecule has 1 aromatic rings. The predicted octanol–water partition coefficient (Wildman–Crippen LogP) is 4.50. The third-order valence-electron chi connectivity index (χ3n) is 1.68. The molecule has 0 N–H and O–H groups in total. The van der Waals surface area contributed by atoms with Crippen molar-refractivity contribution in [1.29, 1.82) is 0 Å². The van der Waals surface area contributed by atoms with Crippen LogP contribution in [0, 0.1) is 0 Å². The van der Waals surface area contributed by atoms with Crippen LogP contribution in [-0.4, -0.2) is 0 Å². The fourth-order valence-corrected chi connectivity index (χ4v) is 1.50. The van der Waals surface area contributed by atoms with Crippen LogP contribution in [-0.2, 0) is 5.92 Å². The minimum absolute atomic E-state index is 0.229. The highest BCUT2D eigenvalue weighted by Crippen LogP contribution is 2.32. The molecule has 0 heterocycles. The van der Waals surface area contributed by atoms with E-state index in [0.717, 1.165) is 18.2 Å². The minimum atomic E-state index is -3.10. The molecule has 0 saturated carbocycles. The summed E-state index contributed by atoms with van der Waals surface area (Å²) in [7, 11) is 0. The molecule has 0 saturated heterocycles. The lowest BCUT2D eigenvalue weighted by molar-refractivity contribution is 0.0171. The zero-order valence-electron chi connectivity index (χ0n) is 7.20. The van der Waals surface area contributed by atoms with Gasteiger partial charge in [-0.3, -0.25) is 0 Å². The number of halogens is 5. The van der Waals surface area contributed by atoms with Gasteiger partial charge in [0, 0.05) is 22.5 Å². The van der Waals surface area contributed by atoms with Crippen LogP contribution in [0.1, 0.15) is 24.5 Å². The summed E-state index contributed by atoms with van der Waals surface area (Å²) in [6.07, 6.45) is -2.74. The second kappa shape index (κ2) is 3.88. The maximum absolute atomic E-state index is 12.8. The normalized spacial score (nSPS) is 12.2. The third kappa shape index (κ3) is 2.70. The van der Waals surface area contributed by atoms with Gasteiger partial charge >= 0.3 is 0 Å². The van der Waals surface area contributed by atoms with Gasteiger partial charge in [-0.25, -0.2) is 17.6 Å². The van der Waals surface area contributed by atoms with Crippen molar-refractivity contribution in [3.8, 4) is 0 Å². The van der Waals surface area contributed by atoms with Gasteiger partial charge in [0.15, 0.2) is 0 Å². The lowest BCUT2D eigenvalue weighted by atomic mass is 10.1. The quantitative estimate of drug-likeness (QED) is 0.695. The fraction of sp³-hybridized carbons (Fsp3) is 0.333. The molecule has 0 atom stereocenters. The largest absolute Gasteiger partial charge is 0.270 e. The van der Waals surface area contributed by atoms with Gasteiger partial charge in [-0.15, -0.1) is 0 Å². The highest BCUT2D eigenvalue weighted by Gasteiger charge is 2.26. The molecule has 0 aliphatic rings. The van der Waals surface area contributed by atoms with Crippen LogP contribution in [0.3, 0.4) is 0 Å². The Morgan fingerprint density at radius 3 is 2.21 bits per heavy atom. The molecule has 1 rings (SSSR count). The molecule has 0 fully saturated rings. The van der Waals surface area contributed by atoms with Gasteiger partial charge in [-0.05, 0) is 18.2 Å². The Hall–Kier alpha value is -0.580. The number of rotatable bonds is 2. The smallest absolute Gasteiger partial charge is 0.205 e. The Kier molecular flexibility index (Phi) is 3.19. The summed E-state index contributed by atoms with van der Waals surface area (Å²) in [6.45, 7) is 0.671. The lowest BCUT2D eigenvalue weighted by Crippen LogP contribution is -2.07. The summed E-state index contributed by atoms with van der Waals surface area (Å²) in [5.41, 5.74) is -0.821. The predicted molar refractivity (Wildman–Crippen MR) is 48.7 cm³/mol. The van der Waals surface area contributed by atoms with E-state index in [0.29, 0.717) is 6.92 Å². The molecule has 0 radical (unpaired) electrons. The lowest BCUT2D eigenvalue weighted by Gasteiger charge is -2.12. The summed E-state index contributed by atoms with van der Waals surface area (Å²) in [4.78, 5) is 0. The molecule has 78 valence electrons. The molecule has 0 aliphatic carbocycles. The van der Waals surface area contributed by atoms with Gasteiger partial charge in [0.2, 0.25) is 0 Å². The summed E-state index contributed by atoms with van der Waals surface area (Å²) < 4.78 is 50.4. The van der Waals surface area contributed by atoms with Gasteiger partial charge in [0.1, 0.15) is 0 Å². The summed E-state index contributed by atoms with van der Waals surface area (Å²) in [5, 5.41) is 0. The molecule has 1 aromatic carbocycles. The van der Waals surface area contributed by atoms with E-state index in [1.807, 2.05) is 0 Å². The van der Waals surface area contributed by atoms with Gasteiger partial charge in [-0.2, -0.15) is 0 Å². The third-order valence-corrected chi connectivity index (χ3v) is 2.14. The maximum atomic E-state index is 12.8. The number of alkyl halides is 4. The Balaban J connectivity index is 3.21. The first-order chi connectivity index (χ1) is 6.30. The molecular weight excluding hydrogens is 264 g/mol. The zero-order valence-corrected chi connectivity index (χ0v) is 8.79. The van der Waals surface area contributed by atoms with E-state index in [1.54, 1.807) is 0 Å². The van der Waals surface area contributed by atoms with Gasteiger partial charge < -0.3 is 0 Å². The first-order valence-electron chi connectivity index (χ1n) is 3.77. The van der Waals surface area contributed by atoms with Gasteiger partial charge in [0.25, 0.3) is 12.3 Å². The van der Waals surface area contributed by atoms with E-state index in [2.05, 4.69) is 15.9 Å². The standard InChI is InChI=1S/C9H7BrF4/c1-9(13,14)6-2-5(8(11)12)3-7(10)4-6/h2-4,8H,1H3. The molecule has 0 bridgehead atoms. The monoisotopic (exact) mass is 270 g/mol. The Bertz CT molecular complexity index is 330. The first-order valence-corrected chi connectivity index (χ1v) is 4.57. The minimum Gasteiger partial charge on any atom is -0.205 e. The molecule has 5 heteroatoms. The summed E-state index contributed by atoms with van der Waals surface area (Å²) in [5.74, 6) is -3.10. The maximum Gasteiger partial charge on any atom is 0.270 e. The van der Waals surface area contributed by atoms with Crippen molar-refractivity contribution >= 4 is 15.9 Å². The van der Waals surface area contributed by atoms with Crippen LogP contribution in [0.2, 0.25) is 0 Å². The van der Waals surface area contributed by atoms with E-state index < -0.39 is 23.5 Å². The summed E-state index contributed by atoms with van der Waals surface area (Å²) in [6, 6.07) is 3.07. The number of hydrogen-bond donors (Lipinski definition) is 0. The molecular formula is C9H7BrF4. The van der Waals surface area contributed by atoms with E-state index in [9.17, 15) is 17.6 Å². The van der Waals surface area contributed by atoms with Crippen LogP contribution in [0.15, 0.2) is 22.7 Å². The van der Waals surface area contributed by atoms with Gasteiger partial charge in [0.05, 0.1) is 0 Å². The van der Waals surface area contributed by atoms with Crippen molar-refractivity contribution in [2.24, 2.45) is 0 Å². The molecule has 0 aromatic heterocycles. The Labute approximate surface area is 87.1 Å². The second-order valence-electron chi connectivity index (χ2n) is 2.96. The molecule has 0 unspecified atom stereocenters. The second-order valence-corrected chi connectivity index (χ2v) is 3.88. The molecule has 0 spiro atoms. The van der Waals surface area contributed by atoms with Gasteiger partial charge in [-0.1, -0.05) is 15.9 Å². The molecule has 0 amide bonds. The van der Waals surface area contributed by atoms with Crippen molar-refractivity contribution < 1.29 is 17.6 Å². The van der Waals surface area contributed by atoms with Crippen molar-refractivity contribution in [3.63, 3.8) is 0 Å².